The highest BCUT2D eigenvalue weighted by molar-refractivity contribution is 6.49. The summed E-state index contributed by atoms with van der Waals surface area (Å²) in [5.41, 5.74) is 0.868. The average Bonchev–Trinajstić information content (AvgIpc) is 2.06. The minimum absolute atomic E-state index is 0.0289. The maximum atomic E-state index is 6.04. The van der Waals surface area contributed by atoms with Gasteiger partial charge in [0.25, 0.3) is 0 Å². The Morgan fingerprint density at radius 1 is 1.31 bits per heavy atom. The normalized spacial score (nSPS) is 20.2. The van der Waals surface area contributed by atoms with Crippen LogP contribution in [0.4, 0.5) is 0 Å². The smallest absolute Gasteiger partial charge is 0.129 e. The van der Waals surface area contributed by atoms with Gasteiger partial charge in [-0.25, -0.2) is 0 Å². The molecule has 0 bridgehead atoms. The van der Waals surface area contributed by atoms with Gasteiger partial charge in [-0.1, -0.05) is 23.2 Å². The molecular formula is C10H8Cl2O. The van der Waals surface area contributed by atoms with E-state index in [1.807, 2.05) is 25.1 Å². The molecule has 0 radical (unpaired) electrons. The molecule has 13 heavy (non-hydrogen) atoms. The lowest BCUT2D eigenvalue weighted by molar-refractivity contribution is 0.265. The van der Waals surface area contributed by atoms with Crippen LogP contribution >= 0.6 is 23.2 Å². The van der Waals surface area contributed by atoms with Crippen LogP contribution in [0.2, 0.25) is 5.02 Å². The summed E-state index contributed by atoms with van der Waals surface area (Å²) in [4.78, 5) is 0. The molecule has 3 heteroatoms. The molecule has 1 aromatic carbocycles. The fourth-order valence-electron chi connectivity index (χ4n) is 1.32. The molecule has 1 atom stereocenters. The maximum Gasteiger partial charge on any atom is 0.129 e. The van der Waals surface area contributed by atoms with Gasteiger partial charge in [-0.3, -0.25) is 0 Å². The number of hydrogen-bond donors (Lipinski definition) is 0. The third kappa shape index (κ3) is 1.67. The Bertz CT molecular complexity index is 371. The zero-order valence-corrected chi connectivity index (χ0v) is 8.56. The SMILES string of the molecule is CC1C=C(Cl)c2cc(Cl)ccc2O1. The van der Waals surface area contributed by atoms with Crippen LogP contribution in [0.1, 0.15) is 12.5 Å². The Balaban J connectivity index is 2.54. The van der Waals surface area contributed by atoms with Gasteiger partial charge in [0.15, 0.2) is 0 Å². The highest BCUT2D eigenvalue weighted by Crippen LogP contribution is 2.35. The van der Waals surface area contributed by atoms with Crippen LogP contribution in [-0.2, 0) is 0 Å². The fraction of sp³-hybridized carbons (Fsp3) is 0.200. The van der Waals surface area contributed by atoms with Crippen molar-refractivity contribution in [2.75, 3.05) is 0 Å². The molecule has 0 N–H and O–H groups in total. The molecule has 0 aromatic heterocycles. The van der Waals surface area contributed by atoms with Crippen molar-refractivity contribution in [1.82, 2.24) is 0 Å². The molecule has 1 unspecified atom stereocenters. The highest BCUT2D eigenvalue weighted by Gasteiger charge is 2.16. The average molecular weight is 215 g/mol. The lowest BCUT2D eigenvalue weighted by Crippen LogP contribution is -2.13. The monoisotopic (exact) mass is 214 g/mol. The van der Waals surface area contributed by atoms with Crippen molar-refractivity contribution in [2.45, 2.75) is 13.0 Å². The van der Waals surface area contributed by atoms with E-state index >= 15 is 0 Å². The highest BCUT2D eigenvalue weighted by atomic mass is 35.5. The fourth-order valence-corrected chi connectivity index (χ4v) is 1.82. The standard InChI is InChI=1S/C10H8Cl2O/c1-6-4-9(12)8-5-7(11)2-3-10(8)13-6/h2-6H,1H3. The van der Waals surface area contributed by atoms with Gasteiger partial charge in [0, 0.05) is 10.6 Å². The van der Waals surface area contributed by atoms with Gasteiger partial charge in [0.1, 0.15) is 11.9 Å². The van der Waals surface area contributed by atoms with Crippen LogP contribution < -0.4 is 4.74 Å². The second-order valence-corrected chi connectivity index (χ2v) is 3.82. The molecule has 1 aromatic rings. The number of hydrogen-bond acceptors (Lipinski definition) is 1. The van der Waals surface area contributed by atoms with E-state index in [-0.39, 0.29) is 6.10 Å². The second-order valence-electron chi connectivity index (χ2n) is 2.98. The predicted molar refractivity (Wildman–Crippen MR) is 55.4 cm³/mol. The van der Waals surface area contributed by atoms with Crippen molar-refractivity contribution in [3.8, 4) is 5.75 Å². The van der Waals surface area contributed by atoms with Gasteiger partial charge >= 0.3 is 0 Å². The predicted octanol–water partition coefficient (Wildman–Crippen LogP) is 3.70. The summed E-state index contributed by atoms with van der Waals surface area (Å²) in [7, 11) is 0. The summed E-state index contributed by atoms with van der Waals surface area (Å²) in [5.74, 6) is 0.796. The van der Waals surface area contributed by atoms with E-state index in [2.05, 4.69) is 0 Å². The Hall–Kier alpha value is -0.660. The number of rotatable bonds is 0. The lowest BCUT2D eigenvalue weighted by atomic mass is 10.1. The summed E-state index contributed by atoms with van der Waals surface area (Å²) in [6.07, 6.45) is 1.89. The summed E-state index contributed by atoms with van der Waals surface area (Å²) >= 11 is 11.9. The summed E-state index contributed by atoms with van der Waals surface area (Å²) in [5, 5.41) is 1.37. The molecule has 2 rings (SSSR count). The first-order chi connectivity index (χ1) is 6.16. The first kappa shape index (κ1) is 8.92. The molecule has 0 saturated heterocycles. The van der Waals surface area contributed by atoms with E-state index in [1.165, 1.54) is 0 Å². The Kier molecular flexibility index (Phi) is 2.22. The number of fused-ring (bicyclic) bond motifs is 1. The molecular weight excluding hydrogens is 207 g/mol. The van der Waals surface area contributed by atoms with Crippen molar-refractivity contribution in [1.29, 1.82) is 0 Å². The van der Waals surface area contributed by atoms with Gasteiger partial charge in [-0.15, -0.1) is 0 Å². The third-order valence-corrected chi connectivity index (χ3v) is 2.46. The van der Waals surface area contributed by atoms with Gasteiger partial charge in [-0.05, 0) is 31.2 Å². The Morgan fingerprint density at radius 3 is 2.85 bits per heavy atom. The summed E-state index contributed by atoms with van der Waals surface area (Å²) in [6, 6.07) is 5.44. The molecule has 1 aliphatic rings. The number of ether oxygens (including phenoxy) is 1. The van der Waals surface area contributed by atoms with Gasteiger partial charge < -0.3 is 4.74 Å². The van der Waals surface area contributed by atoms with E-state index in [0.29, 0.717) is 10.1 Å². The van der Waals surface area contributed by atoms with Gasteiger partial charge in [0.2, 0.25) is 0 Å². The summed E-state index contributed by atoms with van der Waals surface area (Å²) in [6.45, 7) is 1.94. The minimum atomic E-state index is 0.0289. The second kappa shape index (κ2) is 3.24. The van der Waals surface area contributed by atoms with Crippen LogP contribution in [0.3, 0.4) is 0 Å². The third-order valence-electron chi connectivity index (χ3n) is 1.89. The largest absolute Gasteiger partial charge is 0.486 e. The minimum Gasteiger partial charge on any atom is -0.486 e. The van der Waals surface area contributed by atoms with Crippen LogP contribution in [0.5, 0.6) is 5.75 Å². The zero-order chi connectivity index (χ0) is 9.42. The Labute approximate surface area is 86.9 Å². The quantitative estimate of drug-likeness (QED) is 0.641. The maximum absolute atomic E-state index is 6.04. The first-order valence-corrected chi connectivity index (χ1v) is 4.76. The van der Waals surface area contributed by atoms with Crippen molar-refractivity contribution in [2.24, 2.45) is 0 Å². The zero-order valence-electron chi connectivity index (χ0n) is 7.05. The summed E-state index contributed by atoms with van der Waals surface area (Å²) < 4.78 is 5.54. The van der Waals surface area contributed by atoms with Crippen LogP contribution in [-0.4, -0.2) is 6.10 Å². The molecule has 0 saturated carbocycles. The van der Waals surface area contributed by atoms with E-state index in [0.717, 1.165) is 11.3 Å². The lowest BCUT2D eigenvalue weighted by Gasteiger charge is -2.20. The molecule has 68 valence electrons. The van der Waals surface area contributed by atoms with E-state index in [4.69, 9.17) is 27.9 Å². The molecule has 1 aliphatic heterocycles. The first-order valence-electron chi connectivity index (χ1n) is 4.01. The van der Waals surface area contributed by atoms with Crippen LogP contribution in [0.25, 0.3) is 5.03 Å². The van der Waals surface area contributed by atoms with E-state index in [9.17, 15) is 0 Å². The van der Waals surface area contributed by atoms with Gasteiger partial charge in [0.05, 0.1) is 5.03 Å². The van der Waals surface area contributed by atoms with Crippen LogP contribution in [0, 0.1) is 0 Å². The van der Waals surface area contributed by atoms with Crippen molar-refractivity contribution >= 4 is 28.2 Å². The van der Waals surface area contributed by atoms with Crippen LogP contribution in [0.15, 0.2) is 24.3 Å². The van der Waals surface area contributed by atoms with Crippen molar-refractivity contribution in [3.63, 3.8) is 0 Å². The molecule has 1 heterocycles. The molecule has 0 spiro atoms. The molecule has 0 amide bonds. The van der Waals surface area contributed by atoms with Crippen molar-refractivity contribution < 1.29 is 4.74 Å². The molecule has 0 fully saturated rings. The Morgan fingerprint density at radius 2 is 2.08 bits per heavy atom. The number of benzene rings is 1. The topological polar surface area (TPSA) is 9.23 Å². The van der Waals surface area contributed by atoms with E-state index < -0.39 is 0 Å². The van der Waals surface area contributed by atoms with Gasteiger partial charge in [-0.2, -0.15) is 0 Å². The number of halogens is 2. The van der Waals surface area contributed by atoms with Crippen molar-refractivity contribution in [3.05, 3.63) is 34.9 Å². The molecule has 1 nitrogen and oxygen atoms in total. The van der Waals surface area contributed by atoms with E-state index in [1.54, 1.807) is 6.07 Å². The molecule has 0 aliphatic carbocycles.